The van der Waals surface area contributed by atoms with E-state index >= 15 is 0 Å². The lowest BCUT2D eigenvalue weighted by Gasteiger charge is -2.64. The number of rotatable bonds is 3. The standard InChI is InChI=1S/C28H51N/c1-8-29-14-13-27(18-22(19-27)26(5,6)7)20-24(29)23-11-9-10-12-28(23)16-21(17-28)15-25(2,3)4/h21-24H,8-20H2,1-7H3. The highest BCUT2D eigenvalue weighted by molar-refractivity contribution is 5.09. The van der Waals surface area contributed by atoms with E-state index in [9.17, 15) is 0 Å². The normalized spacial score (nSPS) is 44.0. The summed E-state index contributed by atoms with van der Waals surface area (Å²) in [6, 6.07) is 0.894. The van der Waals surface area contributed by atoms with Gasteiger partial charge in [0.1, 0.15) is 0 Å². The minimum Gasteiger partial charge on any atom is -0.300 e. The van der Waals surface area contributed by atoms with Gasteiger partial charge in [-0.05, 0) is 110 Å². The Morgan fingerprint density at radius 1 is 0.862 bits per heavy atom. The van der Waals surface area contributed by atoms with Gasteiger partial charge in [-0.15, -0.1) is 0 Å². The highest BCUT2D eigenvalue weighted by Gasteiger charge is 2.57. The summed E-state index contributed by atoms with van der Waals surface area (Å²) >= 11 is 0. The van der Waals surface area contributed by atoms with E-state index < -0.39 is 0 Å². The van der Waals surface area contributed by atoms with E-state index in [0.29, 0.717) is 16.2 Å². The van der Waals surface area contributed by atoms with Crippen LogP contribution in [0.1, 0.15) is 119 Å². The predicted octanol–water partition coefficient (Wildman–Crippen LogP) is 7.94. The van der Waals surface area contributed by atoms with Crippen LogP contribution in [-0.4, -0.2) is 24.0 Å². The van der Waals surface area contributed by atoms with Crippen molar-refractivity contribution in [1.82, 2.24) is 4.90 Å². The molecule has 29 heavy (non-hydrogen) atoms. The second-order valence-corrected chi connectivity index (χ2v) is 14.4. The average Bonchev–Trinajstić information content (AvgIpc) is 2.56. The molecule has 1 nitrogen and oxygen atoms in total. The molecule has 0 N–H and O–H groups in total. The van der Waals surface area contributed by atoms with Crippen molar-refractivity contribution in [1.29, 1.82) is 0 Å². The maximum atomic E-state index is 2.94. The molecule has 1 aliphatic heterocycles. The summed E-state index contributed by atoms with van der Waals surface area (Å²) in [5.41, 5.74) is 2.46. The zero-order valence-corrected chi connectivity index (χ0v) is 20.9. The summed E-state index contributed by atoms with van der Waals surface area (Å²) in [5.74, 6) is 2.98. The van der Waals surface area contributed by atoms with Crippen LogP contribution in [0.25, 0.3) is 0 Å². The Morgan fingerprint density at radius 2 is 1.55 bits per heavy atom. The first kappa shape index (κ1) is 22.2. The summed E-state index contributed by atoms with van der Waals surface area (Å²) < 4.78 is 0. The van der Waals surface area contributed by atoms with E-state index in [2.05, 4.69) is 53.4 Å². The molecule has 0 amide bonds. The van der Waals surface area contributed by atoms with Crippen molar-refractivity contribution < 1.29 is 0 Å². The van der Waals surface area contributed by atoms with Crippen molar-refractivity contribution in [3.8, 4) is 0 Å². The smallest absolute Gasteiger partial charge is 0.0134 e. The Labute approximate surface area is 182 Å². The molecule has 0 aromatic heterocycles. The Kier molecular flexibility index (Phi) is 5.75. The second kappa shape index (κ2) is 7.53. The third-order valence-corrected chi connectivity index (χ3v) is 10.0. The fraction of sp³-hybridized carbons (Fsp3) is 1.00. The predicted molar refractivity (Wildman–Crippen MR) is 126 cm³/mol. The van der Waals surface area contributed by atoms with Gasteiger partial charge in [0, 0.05) is 6.04 Å². The third-order valence-electron chi connectivity index (χ3n) is 10.0. The van der Waals surface area contributed by atoms with E-state index in [1.54, 1.807) is 19.3 Å². The minimum absolute atomic E-state index is 0.509. The lowest BCUT2D eigenvalue weighted by molar-refractivity contribution is -0.133. The van der Waals surface area contributed by atoms with Gasteiger partial charge in [-0.3, -0.25) is 0 Å². The van der Waals surface area contributed by atoms with Crippen LogP contribution in [0.5, 0.6) is 0 Å². The van der Waals surface area contributed by atoms with Crippen LogP contribution in [0, 0.1) is 39.4 Å². The van der Waals surface area contributed by atoms with E-state index in [0.717, 1.165) is 29.2 Å². The third kappa shape index (κ3) is 4.33. The summed E-state index contributed by atoms with van der Waals surface area (Å²) in [4.78, 5) is 2.94. The number of nitrogens with zero attached hydrogens (tertiary/aromatic N) is 1. The quantitative estimate of drug-likeness (QED) is 0.464. The summed E-state index contributed by atoms with van der Waals surface area (Å²) in [5, 5.41) is 0. The molecule has 4 fully saturated rings. The lowest BCUT2D eigenvalue weighted by atomic mass is 9.45. The molecule has 0 radical (unpaired) electrons. The van der Waals surface area contributed by atoms with Crippen molar-refractivity contribution in [3.63, 3.8) is 0 Å². The van der Waals surface area contributed by atoms with E-state index in [1.165, 1.54) is 64.5 Å². The second-order valence-electron chi connectivity index (χ2n) is 14.4. The highest BCUT2D eigenvalue weighted by atomic mass is 15.2. The Balaban J connectivity index is 1.47. The first-order valence-corrected chi connectivity index (χ1v) is 13.2. The minimum atomic E-state index is 0.509. The van der Waals surface area contributed by atoms with Crippen LogP contribution in [0.3, 0.4) is 0 Å². The van der Waals surface area contributed by atoms with Gasteiger partial charge in [-0.25, -0.2) is 0 Å². The Bertz CT molecular complexity index is 564. The number of hydrogen-bond donors (Lipinski definition) is 0. The SMILES string of the molecule is CCN1CCC2(CC1C1CCCCC13CC(CC(C)(C)C)C3)CC(C(C)(C)C)C2. The highest BCUT2D eigenvalue weighted by Crippen LogP contribution is 2.65. The van der Waals surface area contributed by atoms with Crippen LogP contribution >= 0.6 is 0 Å². The van der Waals surface area contributed by atoms with Crippen LogP contribution < -0.4 is 0 Å². The number of hydrogen-bond acceptors (Lipinski definition) is 1. The molecule has 3 aliphatic carbocycles. The van der Waals surface area contributed by atoms with Gasteiger partial charge in [-0.2, -0.15) is 0 Å². The molecule has 1 saturated heterocycles. The van der Waals surface area contributed by atoms with Gasteiger partial charge in [0.2, 0.25) is 0 Å². The first-order chi connectivity index (χ1) is 13.5. The van der Waals surface area contributed by atoms with Crippen molar-refractivity contribution in [3.05, 3.63) is 0 Å². The summed E-state index contributed by atoms with van der Waals surface area (Å²) in [6.07, 6.45) is 16.7. The molecule has 2 atom stereocenters. The summed E-state index contributed by atoms with van der Waals surface area (Å²) in [6.45, 7) is 19.9. The molecular weight excluding hydrogens is 350 g/mol. The summed E-state index contributed by atoms with van der Waals surface area (Å²) in [7, 11) is 0. The molecule has 3 saturated carbocycles. The fourth-order valence-electron chi connectivity index (χ4n) is 8.52. The van der Waals surface area contributed by atoms with E-state index in [1.807, 2.05) is 0 Å². The maximum Gasteiger partial charge on any atom is 0.0134 e. The zero-order valence-electron chi connectivity index (χ0n) is 20.9. The van der Waals surface area contributed by atoms with Crippen LogP contribution in [0.15, 0.2) is 0 Å². The van der Waals surface area contributed by atoms with Crippen molar-refractivity contribution in [2.24, 2.45) is 39.4 Å². The van der Waals surface area contributed by atoms with Crippen molar-refractivity contribution >= 4 is 0 Å². The Morgan fingerprint density at radius 3 is 2.14 bits per heavy atom. The molecule has 0 bridgehead atoms. The average molecular weight is 402 g/mol. The van der Waals surface area contributed by atoms with Crippen LogP contribution in [0.2, 0.25) is 0 Å². The van der Waals surface area contributed by atoms with Gasteiger partial charge in [-0.1, -0.05) is 61.3 Å². The topological polar surface area (TPSA) is 3.24 Å². The molecule has 2 unspecified atom stereocenters. The molecule has 1 heteroatoms. The van der Waals surface area contributed by atoms with Gasteiger partial charge < -0.3 is 4.90 Å². The molecule has 4 aliphatic rings. The molecular formula is C28H51N. The van der Waals surface area contributed by atoms with Crippen LogP contribution in [-0.2, 0) is 0 Å². The Hall–Kier alpha value is -0.0400. The molecule has 4 rings (SSSR count). The monoisotopic (exact) mass is 401 g/mol. The van der Waals surface area contributed by atoms with E-state index in [-0.39, 0.29) is 0 Å². The fourth-order valence-corrected chi connectivity index (χ4v) is 8.52. The number of piperidine rings is 1. The molecule has 1 heterocycles. The lowest BCUT2D eigenvalue weighted by Crippen LogP contribution is -2.60. The maximum absolute atomic E-state index is 2.94. The van der Waals surface area contributed by atoms with Gasteiger partial charge in [0.15, 0.2) is 0 Å². The molecule has 0 aromatic rings. The van der Waals surface area contributed by atoms with Crippen molar-refractivity contribution in [2.45, 2.75) is 125 Å². The van der Waals surface area contributed by atoms with Gasteiger partial charge in [0.25, 0.3) is 0 Å². The van der Waals surface area contributed by atoms with Gasteiger partial charge in [0.05, 0.1) is 0 Å². The molecule has 168 valence electrons. The number of likely N-dealkylation sites (tertiary alicyclic amines) is 1. The van der Waals surface area contributed by atoms with Gasteiger partial charge >= 0.3 is 0 Å². The largest absolute Gasteiger partial charge is 0.300 e. The van der Waals surface area contributed by atoms with Crippen molar-refractivity contribution in [2.75, 3.05) is 13.1 Å². The molecule has 0 aromatic carbocycles. The van der Waals surface area contributed by atoms with E-state index in [4.69, 9.17) is 0 Å². The zero-order chi connectivity index (χ0) is 21.1. The molecule has 2 spiro atoms. The van der Waals surface area contributed by atoms with Crippen LogP contribution in [0.4, 0.5) is 0 Å². The first-order valence-electron chi connectivity index (χ1n) is 13.2.